The summed E-state index contributed by atoms with van der Waals surface area (Å²) in [5.74, 6) is -2.23. The third kappa shape index (κ3) is 2.66. The van der Waals surface area contributed by atoms with Crippen molar-refractivity contribution in [2.45, 2.75) is 32.6 Å². The van der Waals surface area contributed by atoms with Crippen molar-refractivity contribution in [2.75, 3.05) is 18.6 Å². The maximum absolute atomic E-state index is 14.3. The third-order valence-electron chi connectivity index (χ3n) is 5.20. The highest BCUT2D eigenvalue weighted by atomic mass is 19.2. The molecule has 0 spiro atoms. The normalized spacial score (nSPS) is 20.6. The molecule has 0 fully saturated rings. The molecule has 0 aliphatic carbocycles. The Kier molecular flexibility index (Phi) is 4.74. The molecule has 1 aliphatic rings. The van der Waals surface area contributed by atoms with Crippen LogP contribution in [0.3, 0.4) is 0 Å². The molecule has 0 saturated carbocycles. The zero-order chi connectivity index (χ0) is 19.1. The minimum atomic E-state index is -1.12. The molecule has 1 unspecified atom stereocenters. The van der Waals surface area contributed by atoms with Gasteiger partial charge in [-0.3, -0.25) is 0 Å². The number of rotatable bonds is 4. The van der Waals surface area contributed by atoms with E-state index in [2.05, 4.69) is 4.90 Å². The maximum atomic E-state index is 14.3. The molecule has 1 heterocycles. The van der Waals surface area contributed by atoms with Crippen LogP contribution in [0.15, 0.2) is 42.1 Å². The van der Waals surface area contributed by atoms with Crippen LogP contribution in [0.25, 0.3) is 0 Å². The number of benzene rings is 2. The molecule has 0 radical (unpaired) electrons. The summed E-state index contributed by atoms with van der Waals surface area (Å²) in [7, 11) is 1.58. The summed E-state index contributed by atoms with van der Waals surface area (Å²) >= 11 is 0. The number of fused-ring (bicyclic) bond motifs is 1. The van der Waals surface area contributed by atoms with Crippen LogP contribution in [0.4, 0.5) is 18.9 Å². The highest BCUT2D eigenvalue weighted by molar-refractivity contribution is 5.72. The van der Waals surface area contributed by atoms with Crippen LogP contribution in [0.5, 0.6) is 5.75 Å². The standard InChI is InChI=1S/C21H22F3NO/c1-5-19-21(3,12-14-16(22)8-9-17(23)20(14)24)15-11-13(26-4)7-10-18(15)25(19)6-2/h5,7-11H,6,12H2,1-4H3/b19-5-. The van der Waals surface area contributed by atoms with Crippen LogP contribution >= 0.6 is 0 Å². The molecule has 0 bridgehead atoms. The van der Waals surface area contributed by atoms with Crippen molar-refractivity contribution in [3.8, 4) is 5.75 Å². The first-order valence-electron chi connectivity index (χ1n) is 8.62. The smallest absolute Gasteiger partial charge is 0.164 e. The number of hydrogen-bond donors (Lipinski definition) is 0. The van der Waals surface area contributed by atoms with Crippen molar-refractivity contribution in [3.05, 3.63) is 70.7 Å². The molecule has 3 rings (SSSR count). The van der Waals surface area contributed by atoms with Gasteiger partial charge in [0, 0.05) is 28.9 Å². The van der Waals surface area contributed by atoms with Crippen molar-refractivity contribution in [3.63, 3.8) is 0 Å². The molecule has 0 N–H and O–H groups in total. The Morgan fingerprint density at radius 1 is 1.12 bits per heavy atom. The molecule has 26 heavy (non-hydrogen) atoms. The molecule has 2 aromatic rings. The topological polar surface area (TPSA) is 12.5 Å². The zero-order valence-corrected chi connectivity index (χ0v) is 15.4. The summed E-state index contributed by atoms with van der Waals surface area (Å²) < 4.78 is 47.7. The molecular weight excluding hydrogens is 339 g/mol. The molecule has 1 atom stereocenters. The number of anilines is 1. The number of methoxy groups -OCH3 is 1. The van der Waals surface area contributed by atoms with Gasteiger partial charge in [-0.2, -0.15) is 0 Å². The second-order valence-corrected chi connectivity index (χ2v) is 6.63. The molecule has 0 aromatic heterocycles. The van der Waals surface area contributed by atoms with E-state index >= 15 is 0 Å². The van der Waals surface area contributed by atoms with Gasteiger partial charge in [0.2, 0.25) is 0 Å². The van der Waals surface area contributed by atoms with E-state index in [1.807, 2.05) is 45.0 Å². The van der Waals surface area contributed by atoms with Gasteiger partial charge in [-0.15, -0.1) is 0 Å². The van der Waals surface area contributed by atoms with Gasteiger partial charge in [-0.25, -0.2) is 13.2 Å². The summed E-state index contributed by atoms with van der Waals surface area (Å²) in [5, 5.41) is 0. The quantitative estimate of drug-likeness (QED) is 0.680. The molecule has 2 aromatic carbocycles. The fraction of sp³-hybridized carbons (Fsp3) is 0.333. The molecule has 0 saturated heterocycles. The lowest BCUT2D eigenvalue weighted by atomic mass is 9.76. The zero-order valence-electron chi connectivity index (χ0n) is 15.4. The molecule has 1 aliphatic heterocycles. The largest absolute Gasteiger partial charge is 0.497 e. The predicted octanol–water partition coefficient (Wildman–Crippen LogP) is 5.36. The Morgan fingerprint density at radius 2 is 1.81 bits per heavy atom. The van der Waals surface area contributed by atoms with Gasteiger partial charge in [0.25, 0.3) is 0 Å². The van der Waals surface area contributed by atoms with Crippen molar-refractivity contribution in [1.82, 2.24) is 0 Å². The predicted molar refractivity (Wildman–Crippen MR) is 97.1 cm³/mol. The highest BCUT2D eigenvalue weighted by Gasteiger charge is 2.44. The Hall–Kier alpha value is -2.43. The Bertz CT molecular complexity index is 878. The second kappa shape index (κ2) is 6.71. The van der Waals surface area contributed by atoms with Gasteiger partial charge in [-0.1, -0.05) is 6.08 Å². The summed E-state index contributed by atoms with van der Waals surface area (Å²) in [6.07, 6.45) is 1.96. The lowest BCUT2D eigenvalue weighted by Crippen LogP contribution is -2.31. The fourth-order valence-electron chi connectivity index (χ4n) is 3.97. The first-order valence-corrected chi connectivity index (χ1v) is 8.62. The van der Waals surface area contributed by atoms with Gasteiger partial charge in [0.05, 0.1) is 7.11 Å². The maximum Gasteiger partial charge on any atom is 0.164 e. The SMILES string of the molecule is C/C=C1\N(CC)c2ccc(OC)cc2C1(C)Cc1c(F)ccc(F)c1F. The first kappa shape index (κ1) is 18.4. The van der Waals surface area contributed by atoms with Crippen molar-refractivity contribution in [1.29, 1.82) is 0 Å². The van der Waals surface area contributed by atoms with Crippen LogP contribution in [-0.4, -0.2) is 13.7 Å². The second-order valence-electron chi connectivity index (χ2n) is 6.63. The summed E-state index contributed by atoms with van der Waals surface area (Å²) in [6, 6.07) is 7.50. The number of allylic oxidation sites excluding steroid dienone is 2. The summed E-state index contributed by atoms with van der Waals surface area (Å²) in [4.78, 5) is 2.11. The number of ether oxygens (including phenoxy) is 1. The minimum Gasteiger partial charge on any atom is -0.497 e. The number of likely N-dealkylation sites (N-methyl/N-ethyl adjacent to an activating group) is 1. The van der Waals surface area contributed by atoms with E-state index < -0.39 is 22.9 Å². The van der Waals surface area contributed by atoms with E-state index in [1.165, 1.54) is 0 Å². The number of hydrogen-bond acceptors (Lipinski definition) is 2. The molecule has 0 amide bonds. The third-order valence-corrected chi connectivity index (χ3v) is 5.20. The van der Waals surface area contributed by atoms with E-state index in [1.54, 1.807) is 7.11 Å². The average Bonchev–Trinajstić information content (AvgIpc) is 2.89. The van der Waals surface area contributed by atoms with Gasteiger partial charge < -0.3 is 9.64 Å². The fourth-order valence-corrected chi connectivity index (χ4v) is 3.97. The Morgan fingerprint density at radius 3 is 2.42 bits per heavy atom. The van der Waals surface area contributed by atoms with Crippen molar-refractivity contribution in [2.24, 2.45) is 0 Å². The Balaban J connectivity index is 2.21. The molecular formula is C21H22F3NO. The van der Waals surface area contributed by atoms with E-state index in [0.29, 0.717) is 12.3 Å². The van der Waals surface area contributed by atoms with E-state index in [4.69, 9.17) is 4.74 Å². The van der Waals surface area contributed by atoms with Gasteiger partial charge in [0.15, 0.2) is 11.6 Å². The lowest BCUT2D eigenvalue weighted by Gasteiger charge is -2.30. The lowest BCUT2D eigenvalue weighted by molar-refractivity contribution is 0.412. The van der Waals surface area contributed by atoms with Crippen LogP contribution in [0, 0.1) is 17.5 Å². The minimum absolute atomic E-state index is 0.0127. The number of nitrogens with zero attached hydrogens (tertiary/aromatic N) is 1. The van der Waals surface area contributed by atoms with E-state index in [0.717, 1.165) is 29.1 Å². The van der Waals surface area contributed by atoms with E-state index in [-0.39, 0.29) is 12.0 Å². The number of halogens is 3. The molecule has 2 nitrogen and oxygen atoms in total. The highest BCUT2D eigenvalue weighted by Crippen LogP contribution is 2.51. The van der Waals surface area contributed by atoms with E-state index in [9.17, 15) is 13.2 Å². The first-order chi connectivity index (χ1) is 12.4. The van der Waals surface area contributed by atoms with Gasteiger partial charge >= 0.3 is 0 Å². The van der Waals surface area contributed by atoms with Crippen molar-refractivity contribution < 1.29 is 17.9 Å². The average molecular weight is 361 g/mol. The Labute approximate surface area is 151 Å². The molecule has 5 heteroatoms. The van der Waals surface area contributed by atoms with Gasteiger partial charge in [-0.05, 0) is 63.1 Å². The summed E-state index contributed by atoms with van der Waals surface area (Å²) in [5.41, 5.74) is 1.88. The van der Waals surface area contributed by atoms with Crippen LogP contribution in [0.1, 0.15) is 31.9 Å². The van der Waals surface area contributed by atoms with Crippen LogP contribution in [0.2, 0.25) is 0 Å². The summed E-state index contributed by atoms with van der Waals surface area (Å²) in [6.45, 7) is 6.56. The monoisotopic (exact) mass is 361 g/mol. The van der Waals surface area contributed by atoms with Crippen molar-refractivity contribution >= 4 is 5.69 Å². The van der Waals surface area contributed by atoms with Crippen LogP contribution < -0.4 is 9.64 Å². The van der Waals surface area contributed by atoms with Crippen LogP contribution in [-0.2, 0) is 11.8 Å². The van der Waals surface area contributed by atoms with Gasteiger partial charge in [0.1, 0.15) is 11.6 Å². The molecule has 138 valence electrons.